The number of aliphatic hydroxyl groups is 2. The Morgan fingerprint density at radius 2 is 1.95 bits per heavy atom. The van der Waals surface area contributed by atoms with Crippen LogP contribution in [0, 0.1) is 11.3 Å². The second-order valence-corrected chi connectivity index (χ2v) is 14.2. The van der Waals surface area contributed by atoms with Crippen LogP contribution in [0.4, 0.5) is 0 Å². The molecular weight excluding hydrogens is 534 g/mol. The highest BCUT2D eigenvalue weighted by molar-refractivity contribution is 6.31. The number of aromatic amines is 1. The SMILES string of the molecule is CC(C)(O)C(=O)O[C@]1(C)CO[C@@]23CC[C@]4(C)[C@](O)(CC[C@H]5Cc6c([nH]c7cc(Cl)ccc67)[C@]54C)C2=CC(=O)[C@H]1O3. The van der Waals surface area contributed by atoms with Crippen molar-refractivity contribution in [2.45, 2.75) is 101 Å². The van der Waals surface area contributed by atoms with E-state index in [-0.39, 0.29) is 12.4 Å². The van der Waals surface area contributed by atoms with Crippen molar-refractivity contribution >= 4 is 34.3 Å². The fraction of sp³-hybridized carbons (Fsp3) is 0.613. The molecule has 3 heterocycles. The van der Waals surface area contributed by atoms with Gasteiger partial charge < -0.3 is 29.4 Å². The quantitative estimate of drug-likeness (QED) is 0.462. The van der Waals surface area contributed by atoms with Crippen LogP contribution in [0.25, 0.3) is 10.9 Å². The van der Waals surface area contributed by atoms with Crippen molar-refractivity contribution in [1.82, 2.24) is 4.98 Å². The van der Waals surface area contributed by atoms with E-state index in [4.69, 9.17) is 25.8 Å². The summed E-state index contributed by atoms with van der Waals surface area (Å²) >= 11 is 6.32. The second-order valence-electron chi connectivity index (χ2n) is 13.8. The van der Waals surface area contributed by atoms with Gasteiger partial charge in [-0.05, 0) is 76.1 Å². The Morgan fingerprint density at radius 3 is 2.67 bits per heavy atom. The van der Waals surface area contributed by atoms with Gasteiger partial charge in [-0.1, -0.05) is 31.5 Å². The van der Waals surface area contributed by atoms with Crippen molar-refractivity contribution in [2.24, 2.45) is 11.3 Å². The molecule has 7 atom stereocenters. The predicted molar refractivity (Wildman–Crippen MR) is 147 cm³/mol. The highest BCUT2D eigenvalue weighted by Gasteiger charge is 2.74. The minimum absolute atomic E-state index is 0.0951. The maximum Gasteiger partial charge on any atom is 0.338 e. The predicted octanol–water partition coefficient (Wildman–Crippen LogP) is 4.27. The Bertz CT molecular complexity index is 1520. The Hall–Kier alpha value is -2.23. The lowest BCUT2D eigenvalue weighted by Gasteiger charge is -2.67. The van der Waals surface area contributed by atoms with Crippen molar-refractivity contribution in [2.75, 3.05) is 6.61 Å². The number of fused-ring (bicyclic) bond motifs is 9. The number of benzene rings is 1. The molecule has 40 heavy (non-hydrogen) atoms. The number of halogens is 1. The first kappa shape index (κ1) is 26.7. The van der Waals surface area contributed by atoms with E-state index in [0.29, 0.717) is 35.8 Å². The second kappa shape index (κ2) is 7.78. The monoisotopic (exact) mass is 569 g/mol. The summed E-state index contributed by atoms with van der Waals surface area (Å²) < 4.78 is 18.4. The first-order chi connectivity index (χ1) is 18.6. The first-order valence-corrected chi connectivity index (χ1v) is 14.5. The van der Waals surface area contributed by atoms with Gasteiger partial charge in [0.2, 0.25) is 0 Å². The number of ether oxygens (including phenoxy) is 3. The molecule has 1 saturated heterocycles. The number of esters is 1. The smallest absolute Gasteiger partial charge is 0.338 e. The summed E-state index contributed by atoms with van der Waals surface area (Å²) in [4.78, 5) is 29.9. The van der Waals surface area contributed by atoms with E-state index in [1.807, 2.05) is 12.1 Å². The third-order valence-electron chi connectivity index (χ3n) is 11.2. The maximum absolute atomic E-state index is 13.6. The minimum atomic E-state index is -1.74. The molecule has 3 fully saturated rings. The van der Waals surface area contributed by atoms with Gasteiger partial charge in [0.05, 0.1) is 12.2 Å². The topological polar surface area (TPSA) is 118 Å². The zero-order valence-corrected chi connectivity index (χ0v) is 24.3. The fourth-order valence-electron chi connectivity index (χ4n) is 8.69. The fourth-order valence-corrected chi connectivity index (χ4v) is 8.86. The van der Waals surface area contributed by atoms with Gasteiger partial charge in [-0.3, -0.25) is 4.79 Å². The molecule has 1 aromatic carbocycles. The standard InChI is InChI=1S/C31H36ClNO7/c1-26(2,36)25(35)40-27(3)15-38-31-11-10-28(4)29(5)16(8-9-30(28,37)22(31)14-21(34)24(27)39-31)12-19-18-7-6-17(32)13-20(18)33-23(19)29/h6-7,13-14,16,24,33,36-37H,8-12,15H2,1-5H3/t16-,24+,27+,28-,29-,30-,31+/m0/s1. The van der Waals surface area contributed by atoms with E-state index in [9.17, 15) is 19.8 Å². The van der Waals surface area contributed by atoms with E-state index in [1.54, 1.807) is 6.92 Å². The summed E-state index contributed by atoms with van der Waals surface area (Å²) in [7, 11) is 0. The molecule has 2 aliphatic heterocycles. The van der Waals surface area contributed by atoms with Crippen LogP contribution in [0.15, 0.2) is 29.8 Å². The number of nitrogens with one attached hydrogen (secondary N) is 1. The molecule has 5 aliphatic rings. The average Bonchev–Trinajstić information content (AvgIpc) is 3.37. The highest BCUT2D eigenvalue weighted by Crippen LogP contribution is 2.71. The van der Waals surface area contributed by atoms with Gasteiger partial charge in [-0.25, -0.2) is 4.79 Å². The lowest BCUT2D eigenvalue weighted by molar-refractivity contribution is -0.351. The number of aromatic nitrogens is 1. The molecule has 2 saturated carbocycles. The number of hydrogen-bond donors (Lipinski definition) is 3. The Morgan fingerprint density at radius 1 is 1.20 bits per heavy atom. The zero-order chi connectivity index (χ0) is 28.7. The van der Waals surface area contributed by atoms with Crippen LogP contribution in [0.2, 0.25) is 5.02 Å². The van der Waals surface area contributed by atoms with E-state index in [2.05, 4.69) is 24.9 Å². The Labute approximate surface area is 238 Å². The lowest BCUT2D eigenvalue weighted by Crippen LogP contribution is -2.74. The normalized spacial score (nSPS) is 42.0. The summed E-state index contributed by atoms with van der Waals surface area (Å²) in [5.74, 6) is -2.19. The van der Waals surface area contributed by atoms with Crippen molar-refractivity contribution in [3.05, 3.63) is 46.1 Å². The van der Waals surface area contributed by atoms with Crippen molar-refractivity contribution < 1.29 is 34.0 Å². The molecule has 2 bridgehead atoms. The summed E-state index contributed by atoms with van der Waals surface area (Å²) in [6.07, 6.45) is 3.62. The highest BCUT2D eigenvalue weighted by atomic mass is 35.5. The molecule has 3 aliphatic carbocycles. The molecule has 7 rings (SSSR count). The number of rotatable bonds is 2. The van der Waals surface area contributed by atoms with Crippen LogP contribution < -0.4 is 0 Å². The van der Waals surface area contributed by atoms with Crippen molar-refractivity contribution in [3.8, 4) is 0 Å². The van der Waals surface area contributed by atoms with Gasteiger partial charge in [-0.15, -0.1) is 0 Å². The molecule has 8 nitrogen and oxygen atoms in total. The molecular formula is C31H36ClNO7. The van der Waals surface area contributed by atoms with E-state index in [1.165, 1.54) is 30.9 Å². The summed E-state index contributed by atoms with van der Waals surface area (Å²) in [6.45, 7) is 8.55. The van der Waals surface area contributed by atoms with Crippen LogP contribution in [0.1, 0.15) is 71.6 Å². The van der Waals surface area contributed by atoms with Gasteiger partial charge in [-0.2, -0.15) is 0 Å². The Kier molecular flexibility index (Phi) is 5.18. The van der Waals surface area contributed by atoms with Crippen molar-refractivity contribution in [3.63, 3.8) is 0 Å². The summed E-state index contributed by atoms with van der Waals surface area (Å²) in [6, 6.07) is 5.95. The minimum Gasteiger partial charge on any atom is -0.451 e. The molecule has 9 heteroatoms. The van der Waals surface area contributed by atoms with Crippen molar-refractivity contribution in [1.29, 1.82) is 0 Å². The lowest BCUT2D eigenvalue weighted by atomic mass is 9.42. The van der Waals surface area contributed by atoms with Crippen LogP contribution in [0.5, 0.6) is 0 Å². The third kappa shape index (κ3) is 3.07. The van der Waals surface area contributed by atoms with Gasteiger partial charge >= 0.3 is 5.97 Å². The third-order valence-corrected chi connectivity index (χ3v) is 11.4. The molecule has 1 spiro atoms. The molecule has 0 amide bonds. The number of carbonyl (C=O) groups is 2. The number of carbonyl (C=O) groups excluding carboxylic acids is 2. The maximum atomic E-state index is 13.6. The van der Waals surface area contributed by atoms with Gasteiger partial charge in [0.15, 0.2) is 28.9 Å². The molecule has 1 aromatic heterocycles. The first-order valence-electron chi connectivity index (χ1n) is 14.2. The molecule has 0 unspecified atom stereocenters. The summed E-state index contributed by atoms with van der Waals surface area (Å²) in [5.41, 5.74) is -1.63. The molecule has 3 N–H and O–H groups in total. The van der Waals surface area contributed by atoms with Crippen LogP contribution >= 0.6 is 11.6 Å². The number of hydrogen-bond acceptors (Lipinski definition) is 7. The Balaban J connectivity index is 1.31. The van der Waals surface area contributed by atoms with Crippen LogP contribution in [-0.2, 0) is 35.6 Å². The van der Waals surface area contributed by atoms with Gasteiger partial charge in [0.25, 0.3) is 0 Å². The zero-order valence-electron chi connectivity index (χ0n) is 23.5. The molecule has 0 radical (unpaired) electrons. The molecule has 2 aromatic rings. The average molecular weight is 570 g/mol. The van der Waals surface area contributed by atoms with E-state index >= 15 is 0 Å². The van der Waals surface area contributed by atoms with Gasteiger partial charge in [0.1, 0.15) is 0 Å². The molecule has 214 valence electrons. The largest absolute Gasteiger partial charge is 0.451 e. The van der Waals surface area contributed by atoms with E-state index < -0.39 is 45.5 Å². The van der Waals surface area contributed by atoms with E-state index in [0.717, 1.165) is 24.1 Å². The van der Waals surface area contributed by atoms with Crippen LogP contribution in [0.3, 0.4) is 0 Å². The van der Waals surface area contributed by atoms with Crippen LogP contribution in [-0.4, -0.2) is 62.3 Å². The summed E-state index contributed by atoms with van der Waals surface area (Å²) in [5, 5.41) is 24.8. The van der Waals surface area contributed by atoms with Gasteiger partial charge in [0, 0.05) is 44.4 Å². The number of H-pyrrole nitrogens is 1. The number of ketones is 1.